The molecular formula is C11H16N4O3. The quantitative estimate of drug-likeness (QED) is 0.692. The minimum atomic E-state index is -0.984. The first kappa shape index (κ1) is 12.4. The number of nitrogens with one attached hydrogen (secondary N) is 2. The highest BCUT2D eigenvalue weighted by molar-refractivity contribution is 5.91. The lowest BCUT2D eigenvalue weighted by atomic mass is 10.1. The maximum atomic E-state index is 11.8. The minimum absolute atomic E-state index is 0.226. The first-order valence-electron chi connectivity index (χ1n) is 5.64. The highest BCUT2D eigenvalue weighted by atomic mass is 16.4. The third kappa shape index (κ3) is 2.44. The van der Waals surface area contributed by atoms with E-state index in [0.717, 1.165) is 0 Å². The van der Waals surface area contributed by atoms with Gasteiger partial charge in [-0.25, -0.2) is 9.78 Å². The van der Waals surface area contributed by atoms with E-state index in [9.17, 15) is 9.59 Å². The number of hydrogen-bond acceptors (Lipinski definition) is 3. The Bertz CT molecular complexity index is 477. The average Bonchev–Trinajstić information content (AvgIpc) is 2.69. The molecule has 0 unspecified atom stereocenters. The number of aromatic amines is 1. The molecule has 0 spiro atoms. The van der Waals surface area contributed by atoms with Crippen LogP contribution in [0, 0.1) is 0 Å². The molecular weight excluding hydrogens is 236 g/mol. The summed E-state index contributed by atoms with van der Waals surface area (Å²) in [6.07, 6.45) is -0.984. The summed E-state index contributed by atoms with van der Waals surface area (Å²) in [7, 11) is 0. The molecule has 7 heteroatoms. The predicted octanol–water partition coefficient (Wildman–Crippen LogP) is 0.932. The molecule has 1 aliphatic rings. The van der Waals surface area contributed by atoms with Crippen molar-refractivity contribution in [2.75, 3.05) is 0 Å². The second kappa shape index (κ2) is 4.01. The summed E-state index contributed by atoms with van der Waals surface area (Å²) in [6, 6.07) is 0. The summed E-state index contributed by atoms with van der Waals surface area (Å²) >= 11 is 0. The SMILES string of the molecule is CC(C)(C)NC(=O)c1nc2c([nH]1)CN(C(=O)O)C2. The zero-order valence-corrected chi connectivity index (χ0v) is 10.6. The fourth-order valence-corrected chi connectivity index (χ4v) is 1.78. The molecule has 1 aromatic rings. The highest BCUT2D eigenvalue weighted by Gasteiger charge is 2.28. The van der Waals surface area contributed by atoms with E-state index < -0.39 is 6.09 Å². The van der Waals surface area contributed by atoms with E-state index in [1.807, 2.05) is 20.8 Å². The number of aromatic nitrogens is 2. The van der Waals surface area contributed by atoms with Crippen LogP contribution in [-0.2, 0) is 13.1 Å². The van der Waals surface area contributed by atoms with Gasteiger partial charge in [0.2, 0.25) is 0 Å². The largest absolute Gasteiger partial charge is 0.465 e. The van der Waals surface area contributed by atoms with Crippen LogP contribution in [-0.4, -0.2) is 37.5 Å². The maximum Gasteiger partial charge on any atom is 0.408 e. The summed E-state index contributed by atoms with van der Waals surface area (Å²) in [5.74, 6) is -0.0428. The van der Waals surface area contributed by atoms with Gasteiger partial charge in [0.15, 0.2) is 5.82 Å². The predicted molar refractivity (Wildman–Crippen MR) is 63.1 cm³/mol. The summed E-state index contributed by atoms with van der Waals surface area (Å²) < 4.78 is 0. The molecule has 1 aliphatic heterocycles. The molecule has 2 amide bonds. The lowest BCUT2D eigenvalue weighted by Gasteiger charge is -2.19. The normalized spacial score (nSPS) is 14.5. The number of H-pyrrole nitrogens is 1. The van der Waals surface area contributed by atoms with Crippen molar-refractivity contribution in [2.24, 2.45) is 0 Å². The molecule has 0 fully saturated rings. The van der Waals surface area contributed by atoms with Crippen molar-refractivity contribution in [2.45, 2.75) is 39.4 Å². The van der Waals surface area contributed by atoms with Gasteiger partial charge >= 0.3 is 6.09 Å². The number of carboxylic acid groups (broad SMARTS) is 1. The van der Waals surface area contributed by atoms with E-state index >= 15 is 0 Å². The Morgan fingerprint density at radius 3 is 2.56 bits per heavy atom. The first-order chi connectivity index (χ1) is 8.26. The van der Waals surface area contributed by atoms with E-state index in [1.54, 1.807) is 0 Å². The van der Waals surface area contributed by atoms with E-state index in [2.05, 4.69) is 15.3 Å². The maximum absolute atomic E-state index is 11.8. The van der Waals surface area contributed by atoms with Gasteiger partial charge in [-0.3, -0.25) is 9.69 Å². The van der Waals surface area contributed by atoms with E-state index in [0.29, 0.717) is 11.4 Å². The van der Waals surface area contributed by atoms with Crippen molar-refractivity contribution in [1.82, 2.24) is 20.2 Å². The topological polar surface area (TPSA) is 98.3 Å². The number of carbonyl (C=O) groups is 2. The van der Waals surface area contributed by atoms with Gasteiger partial charge in [-0.1, -0.05) is 0 Å². The Morgan fingerprint density at radius 2 is 2.06 bits per heavy atom. The molecule has 18 heavy (non-hydrogen) atoms. The Kier molecular flexibility index (Phi) is 2.76. The molecule has 98 valence electrons. The lowest BCUT2D eigenvalue weighted by molar-refractivity contribution is 0.0909. The zero-order valence-electron chi connectivity index (χ0n) is 10.6. The molecule has 0 atom stereocenters. The molecule has 0 bridgehead atoms. The number of rotatable bonds is 1. The van der Waals surface area contributed by atoms with Crippen LogP contribution < -0.4 is 5.32 Å². The third-order valence-corrected chi connectivity index (χ3v) is 2.53. The van der Waals surface area contributed by atoms with Gasteiger partial charge in [0, 0.05) is 5.54 Å². The first-order valence-corrected chi connectivity index (χ1v) is 5.64. The van der Waals surface area contributed by atoms with E-state index in [4.69, 9.17) is 5.11 Å². The van der Waals surface area contributed by atoms with Crippen molar-refractivity contribution >= 4 is 12.0 Å². The van der Waals surface area contributed by atoms with Crippen LogP contribution >= 0.6 is 0 Å². The third-order valence-electron chi connectivity index (χ3n) is 2.53. The fourth-order valence-electron chi connectivity index (χ4n) is 1.78. The second-order valence-electron chi connectivity index (χ2n) is 5.35. The lowest BCUT2D eigenvalue weighted by Crippen LogP contribution is -2.41. The Morgan fingerprint density at radius 1 is 1.39 bits per heavy atom. The van der Waals surface area contributed by atoms with Gasteiger partial charge in [0.1, 0.15) is 0 Å². The number of fused-ring (bicyclic) bond motifs is 1. The fraction of sp³-hybridized carbons (Fsp3) is 0.545. The highest BCUT2D eigenvalue weighted by Crippen LogP contribution is 2.20. The Labute approximate surface area is 104 Å². The molecule has 2 heterocycles. The molecule has 0 aliphatic carbocycles. The Balaban J connectivity index is 2.10. The number of amides is 2. The van der Waals surface area contributed by atoms with Gasteiger partial charge in [-0.2, -0.15) is 0 Å². The Hall–Kier alpha value is -2.05. The van der Waals surface area contributed by atoms with Gasteiger partial charge in [-0.05, 0) is 20.8 Å². The average molecular weight is 252 g/mol. The molecule has 7 nitrogen and oxygen atoms in total. The number of hydrogen-bond donors (Lipinski definition) is 3. The molecule has 0 saturated carbocycles. The van der Waals surface area contributed by atoms with Gasteiger partial charge < -0.3 is 15.4 Å². The molecule has 0 radical (unpaired) electrons. The zero-order chi connectivity index (χ0) is 13.5. The van der Waals surface area contributed by atoms with Crippen LogP contribution in [0.1, 0.15) is 42.8 Å². The van der Waals surface area contributed by atoms with Crippen molar-refractivity contribution in [3.8, 4) is 0 Å². The molecule has 0 aromatic carbocycles. The number of imidazole rings is 1. The summed E-state index contributed by atoms with van der Waals surface area (Å²) in [4.78, 5) is 30.9. The van der Waals surface area contributed by atoms with E-state index in [1.165, 1.54) is 4.90 Å². The van der Waals surface area contributed by atoms with Crippen LogP contribution in [0.25, 0.3) is 0 Å². The van der Waals surface area contributed by atoms with Crippen molar-refractivity contribution in [3.63, 3.8) is 0 Å². The molecule has 3 N–H and O–H groups in total. The van der Waals surface area contributed by atoms with Crippen LogP contribution in [0.15, 0.2) is 0 Å². The van der Waals surface area contributed by atoms with Crippen LogP contribution in [0.5, 0.6) is 0 Å². The number of nitrogens with zero attached hydrogens (tertiary/aromatic N) is 2. The van der Waals surface area contributed by atoms with Gasteiger partial charge in [0.25, 0.3) is 5.91 Å². The van der Waals surface area contributed by atoms with E-state index in [-0.39, 0.29) is 30.4 Å². The smallest absolute Gasteiger partial charge is 0.408 e. The van der Waals surface area contributed by atoms with Crippen molar-refractivity contribution in [1.29, 1.82) is 0 Å². The van der Waals surface area contributed by atoms with Crippen LogP contribution in [0.3, 0.4) is 0 Å². The van der Waals surface area contributed by atoms with Crippen molar-refractivity contribution in [3.05, 3.63) is 17.2 Å². The second-order valence-corrected chi connectivity index (χ2v) is 5.35. The monoisotopic (exact) mass is 252 g/mol. The molecule has 0 saturated heterocycles. The van der Waals surface area contributed by atoms with Crippen LogP contribution in [0.2, 0.25) is 0 Å². The standard InChI is InChI=1S/C11H16N4O3/c1-11(2,3)14-9(16)8-12-6-4-15(10(17)18)5-7(6)13-8/h4-5H2,1-3H3,(H,12,13)(H,14,16)(H,17,18). The van der Waals surface area contributed by atoms with Gasteiger partial charge in [-0.15, -0.1) is 0 Å². The molecule has 1 aromatic heterocycles. The molecule has 2 rings (SSSR count). The minimum Gasteiger partial charge on any atom is -0.465 e. The summed E-state index contributed by atoms with van der Waals surface area (Å²) in [5, 5.41) is 11.6. The summed E-state index contributed by atoms with van der Waals surface area (Å²) in [6.45, 7) is 6.12. The van der Waals surface area contributed by atoms with Crippen LogP contribution in [0.4, 0.5) is 4.79 Å². The summed E-state index contributed by atoms with van der Waals surface area (Å²) in [5.41, 5.74) is 0.981. The van der Waals surface area contributed by atoms with Crippen molar-refractivity contribution < 1.29 is 14.7 Å². The number of carbonyl (C=O) groups excluding carboxylic acids is 1. The van der Waals surface area contributed by atoms with Gasteiger partial charge in [0.05, 0.1) is 24.5 Å².